The first-order valence-electron chi connectivity index (χ1n) is 5.06. The Labute approximate surface area is 131 Å². The minimum Gasteiger partial charge on any atom is -0.496 e. The Hall–Kier alpha value is -0.0700. The summed E-state index contributed by atoms with van der Waals surface area (Å²) in [7, 11) is 1.61. The number of thiophene rings is 1. The Bertz CT molecular complexity index is 573. The molecule has 0 aliphatic heterocycles. The highest BCUT2D eigenvalue weighted by molar-refractivity contribution is 9.12. The predicted octanol–water partition coefficient (Wildman–Crippen LogP) is 4.98. The van der Waals surface area contributed by atoms with Gasteiger partial charge in [0.15, 0.2) is 0 Å². The SMILES string of the molecule is COc1cc(Cl)ccc1C(N)c1cc(Br)sc1Br. The molecule has 2 rings (SSSR count). The summed E-state index contributed by atoms with van der Waals surface area (Å²) in [4.78, 5) is 0. The van der Waals surface area contributed by atoms with Gasteiger partial charge in [0.05, 0.1) is 20.7 Å². The summed E-state index contributed by atoms with van der Waals surface area (Å²) in [5.41, 5.74) is 8.22. The molecule has 0 spiro atoms. The second kappa shape index (κ2) is 5.92. The van der Waals surface area contributed by atoms with Crippen molar-refractivity contribution in [3.05, 3.63) is 48.0 Å². The lowest BCUT2D eigenvalue weighted by Gasteiger charge is -2.15. The second-order valence-corrected chi connectivity index (χ2v) is 7.83. The molecule has 6 heteroatoms. The fourth-order valence-corrected chi connectivity index (χ4v) is 4.77. The van der Waals surface area contributed by atoms with Crippen LogP contribution in [0.25, 0.3) is 0 Å². The minimum absolute atomic E-state index is 0.255. The molecular weight excluding hydrogens is 401 g/mol. The Morgan fingerprint density at radius 1 is 1.28 bits per heavy atom. The molecule has 0 bridgehead atoms. The third kappa shape index (κ3) is 2.91. The maximum absolute atomic E-state index is 6.29. The largest absolute Gasteiger partial charge is 0.496 e. The van der Waals surface area contributed by atoms with E-state index in [4.69, 9.17) is 22.1 Å². The first-order valence-corrected chi connectivity index (χ1v) is 7.84. The van der Waals surface area contributed by atoms with Crippen LogP contribution in [-0.2, 0) is 0 Å². The average Bonchev–Trinajstić information content (AvgIpc) is 2.67. The lowest BCUT2D eigenvalue weighted by Crippen LogP contribution is -2.12. The van der Waals surface area contributed by atoms with E-state index in [1.54, 1.807) is 24.5 Å². The molecule has 0 saturated carbocycles. The third-order valence-corrected chi connectivity index (χ3v) is 5.17. The summed E-state index contributed by atoms with van der Waals surface area (Å²) < 4.78 is 7.38. The van der Waals surface area contributed by atoms with E-state index < -0.39 is 0 Å². The highest BCUT2D eigenvalue weighted by Crippen LogP contribution is 2.39. The van der Waals surface area contributed by atoms with Crippen LogP contribution in [0.1, 0.15) is 17.2 Å². The smallest absolute Gasteiger partial charge is 0.125 e. The Morgan fingerprint density at radius 2 is 2.00 bits per heavy atom. The zero-order chi connectivity index (χ0) is 13.3. The molecule has 0 aliphatic rings. The maximum Gasteiger partial charge on any atom is 0.125 e. The van der Waals surface area contributed by atoms with Crippen LogP contribution >= 0.6 is 54.8 Å². The van der Waals surface area contributed by atoms with Crippen LogP contribution in [0.5, 0.6) is 5.75 Å². The summed E-state index contributed by atoms with van der Waals surface area (Å²) >= 11 is 14.5. The van der Waals surface area contributed by atoms with Gasteiger partial charge in [-0.3, -0.25) is 0 Å². The molecular formula is C12H10Br2ClNOS. The highest BCUT2D eigenvalue weighted by atomic mass is 79.9. The lowest BCUT2D eigenvalue weighted by atomic mass is 10.0. The molecule has 2 N–H and O–H groups in total. The van der Waals surface area contributed by atoms with Crippen molar-refractivity contribution in [1.82, 2.24) is 0 Å². The van der Waals surface area contributed by atoms with Gasteiger partial charge in [-0.25, -0.2) is 0 Å². The summed E-state index contributed by atoms with van der Waals surface area (Å²) in [6.07, 6.45) is 0. The van der Waals surface area contributed by atoms with Crippen molar-refractivity contribution in [2.75, 3.05) is 7.11 Å². The third-order valence-electron chi connectivity index (χ3n) is 2.55. The molecule has 0 fully saturated rings. The molecule has 96 valence electrons. The summed E-state index contributed by atoms with van der Waals surface area (Å²) in [6, 6.07) is 7.23. The topological polar surface area (TPSA) is 35.2 Å². The molecule has 0 amide bonds. The number of ether oxygens (including phenoxy) is 1. The summed E-state index contributed by atoms with van der Waals surface area (Å²) in [5, 5.41) is 0.633. The quantitative estimate of drug-likeness (QED) is 0.773. The van der Waals surface area contributed by atoms with Crippen molar-refractivity contribution in [3.8, 4) is 5.75 Å². The Kier molecular flexibility index (Phi) is 4.72. The molecule has 0 aliphatic carbocycles. The minimum atomic E-state index is -0.255. The number of hydrogen-bond donors (Lipinski definition) is 1. The van der Waals surface area contributed by atoms with Gasteiger partial charge in [-0.1, -0.05) is 17.7 Å². The van der Waals surface area contributed by atoms with Gasteiger partial charge in [-0.05, 0) is 55.6 Å². The van der Waals surface area contributed by atoms with Crippen molar-refractivity contribution in [2.24, 2.45) is 5.73 Å². The van der Waals surface area contributed by atoms with Gasteiger partial charge in [0.2, 0.25) is 0 Å². The van der Waals surface area contributed by atoms with Gasteiger partial charge in [-0.2, -0.15) is 0 Å². The van der Waals surface area contributed by atoms with E-state index in [1.807, 2.05) is 18.2 Å². The fourth-order valence-electron chi connectivity index (χ4n) is 1.67. The monoisotopic (exact) mass is 409 g/mol. The van der Waals surface area contributed by atoms with Crippen LogP contribution in [0, 0.1) is 0 Å². The van der Waals surface area contributed by atoms with Crippen LogP contribution in [0.2, 0.25) is 5.02 Å². The van der Waals surface area contributed by atoms with Gasteiger partial charge in [-0.15, -0.1) is 11.3 Å². The van der Waals surface area contributed by atoms with Crippen molar-refractivity contribution < 1.29 is 4.74 Å². The van der Waals surface area contributed by atoms with E-state index in [2.05, 4.69) is 31.9 Å². The van der Waals surface area contributed by atoms with Crippen molar-refractivity contribution in [1.29, 1.82) is 0 Å². The maximum atomic E-state index is 6.29. The molecule has 2 nitrogen and oxygen atoms in total. The zero-order valence-electron chi connectivity index (χ0n) is 9.41. The molecule has 0 saturated heterocycles. The van der Waals surface area contributed by atoms with Crippen molar-refractivity contribution >= 4 is 54.8 Å². The lowest BCUT2D eigenvalue weighted by molar-refractivity contribution is 0.408. The Morgan fingerprint density at radius 3 is 2.56 bits per heavy atom. The van der Waals surface area contributed by atoms with Crippen LogP contribution in [0.15, 0.2) is 31.8 Å². The average molecular weight is 412 g/mol. The van der Waals surface area contributed by atoms with Crippen LogP contribution in [0.4, 0.5) is 0 Å². The predicted molar refractivity (Wildman–Crippen MR) is 83.8 cm³/mol. The van der Waals surface area contributed by atoms with E-state index in [-0.39, 0.29) is 6.04 Å². The summed E-state index contributed by atoms with van der Waals surface area (Å²) in [5.74, 6) is 0.698. The van der Waals surface area contributed by atoms with E-state index in [0.717, 1.165) is 18.7 Å². The number of hydrogen-bond acceptors (Lipinski definition) is 3. The van der Waals surface area contributed by atoms with Crippen LogP contribution in [-0.4, -0.2) is 7.11 Å². The number of benzene rings is 1. The Balaban J connectivity index is 2.45. The highest BCUT2D eigenvalue weighted by Gasteiger charge is 2.18. The van der Waals surface area contributed by atoms with Gasteiger partial charge < -0.3 is 10.5 Å². The van der Waals surface area contributed by atoms with Gasteiger partial charge in [0, 0.05) is 10.6 Å². The van der Waals surface area contributed by atoms with E-state index >= 15 is 0 Å². The number of rotatable bonds is 3. The van der Waals surface area contributed by atoms with Crippen molar-refractivity contribution in [3.63, 3.8) is 0 Å². The molecule has 2 aromatic rings. The molecule has 0 radical (unpaired) electrons. The van der Waals surface area contributed by atoms with Gasteiger partial charge in [0.1, 0.15) is 5.75 Å². The van der Waals surface area contributed by atoms with Crippen LogP contribution in [0.3, 0.4) is 0 Å². The summed E-state index contributed by atoms with van der Waals surface area (Å²) in [6.45, 7) is 0. The number of methoxy groups -OCH3 is 1. The number of halogens is 3. The van der Waals surface area contributed by atoms with E-state index in [1.165, 1.54) is 0 Å². The molecule has 1 aromatic carbocycles. The van der Waals surface area contributed by atoms with E-state index in [9.17, 15) is 0 Å². The van der Waals surface area contributed by atoms with Gasteiger partial charge in [0.25, 0.3) is 0 Å². The van der Waals surface area contributed by atoms with Gasteiger partial charge >= 0.3 is 0 Å². The molecule has 1 aromatic heterocycles. The normalized spacial score (nSPS) is 12.5. The van der Waals surface area contributed by atoms with E-state index in [0.29, 0.717) is 10.8 Å². The first kappa shape index (κ1) is 14.3. The fraction of sp³-hybridized carbons (Fsp3) is 0.167. The molecule has 1 atom stereocenters. The van der Waals surface area contributed by atoms with Crippen molar-refractivity contribution in [2.45, 2.75) is 6.04 Å². The molecule has 1 heterocycles. The molecule has 1 unspecified atom stereocenters. The standard InChI is InChI=1S/C12H10Br2ClNOS/c1-17-9-4-6(15)2-3-7(9)11(16)8-5-10(13)18-12(8)14/h2-5,11H,16H2,1H3. The first-order chi connectivity index (χ1) is 8.52. The van der Waals surface area contributed by atoms with Crippen LogP contribution < -0.4 is 10.5 Å². The molecule has 18 heavy (non-hydrogen) atoms. The second-order valence-electron chi connectivity index (χ2n) is 3.64. The zero-order valence-corrected chi connectivity index (χ0v) is 14.2. The number of nitrogens with two attached hydrogens (primary N) is 1.